The molecule has 0 aliphatic carbocycles. The smallest absolute Gasteiger partial charge is 0.338 e. The Balaban J connectivity index is 6.20. The van der Waals surface area contributed by atoms with Gasteiger partial charge in [-0.15, -0.1) is 0 Å². The van der Waals surface area contributed by atoms with E-state index in [1.54, 1.807) is 46.4 Å². The van der Waals surface area contributed by atoms with Crippen LogP contribution in [0, 0.1) is 0 Å². The van der Waals surface area contributed by atoms with E-state index in [1.165, 1.54) is 0 Å². The van der Waals surface area contributed by atoms with Gasteiger partial charge >= 0.3 is 11.9 Å². The van der Waals surface area contributed by atoms with Gasteiger partial charge in [-0.2, -0.15) is 0 Å². The summed E-state index contributed by atoms with van der Waals surface area (Å²) in [6.07, 6.45) is 1.32. The van der Waals surface area contributed by atoms with E-state index in [1.807, 2.05) is 0 Å². The highest BCUT2D eigenvalue weighted by molar-refractivity contribution is 6.05. The third-order valence-corrected chi connectivity index (χ3v) is 3.78. The SMILES string of the molecule is CC(C)(C)OC(=O)C(CCN)(C(=O)OC(C)(C)C)N(CCCN)CCCN. The summed E-state index contributed by atoms with van der Waals surface area (Å²) < 4.78 is 11.3. The van der Waals surface area contributed by atoms with E-state index in [0.29, 0.717) is 39.0 Å². The lowest BCUT2D eigenvalue weighted by atomic mass is 9.91. The van der Waals surface area contributed by atoms with Crippen LogP contribution < -0.4 is 17.2 Å². The van der Waals surface area contributed by atoms with Gasteiger partial charge in [0.2, 0.25) is 5.54 Å². The van der Waals surface area contributed by atoms with Gasteiger partial charge in [-0.1, -0.05) is 0 Å². The highest BCUT2D eigenvalue weighted by Crippen LogP contribution is 2.29. The van der Waals surface area contributed by atoms with Gasteiger partial charge in [0.1, 0.15) is 11.2 Å². The highest BCUT2D eigenvalue weighted by atomic mass is 16.6. The maximum absolute atomic E-state index is 13.3. The molecule has 0 atom stereocenters. The Labute approximate surface area is 164 Å². The number of hydrogen-bond acceptors (Lipinski definition) is 8. The molecule has 0 heterocycles. The van der Waals surface area contributed by atoms with Crippen LogP contribution in [0.5, 0.6) is 0 Å². The molecule has 6 N–H and O–H groups in total. The molecule has 0 aromatic rings. The molecule has 0 aromatic carbocycles. The van der Waals surface area contributed by atoms with E-state index in [2.05, 4.69) is 0 Å². The number of hydrogen-bond donors (Lipinski definition) is 3. The summed E-state index contributed by atoms with van der Waals surface area (Å²) in [7, 11) is 0. The number of rotatable bonds is 11. The molecule has 27 heavy (non-hydrogen) atoms. The van der Waals surface area contributed by atoms with Gasteiger partial charge in [0.05, 0.1) is 0 Å². The van der Waals surface area contributed by atoms with Crippen molar-refractivity contribution in [3.05, 3.63) is 0 Å². The first kappa shape index (κ1) is 25.8. The Bertz CT molecular complexity index is 433. The van der Waals surface area contributed by atoms with Crippen LogP contribution in [0.25, 0.3) is 0 Å². The average molecular weight is 389 g/mol. The highest BCUT2D eigenvalue weighted by Gasteiger charge is 2.54. The van der Waals surface area contributed by atoms with Gasteiger partial charge in [0.25, 0.3) is 0 Å². The molecule has 0 unspecified atom stereocenters. The van der Waals surface area contributed by atoms with Crippen molar-refractivity contribution < 1.29 is 19.1 Å². The largest absolute Gasteiger partial charge is 0.458 e. The van der Waals surface area contributed by atoms with Gasteiger partial charge in [0, 0.05) is 13.1 Å². The van der Waals surface area contributed by atoms with Crippen molar-refractivity contribution in [3.63, 3.8) is 0 Å². The summed E-state index contributed by atoms with van der Waals surface area (Å²) in [5, 5.41) is 0. The molecule has 0 spiro atoms. The molecule has 0 aromatic heterocycles. The molecule has 0 rings (SSSR count). The second kappa shape index (κ2) is 10.9. The lowest BCUT2D eigenvalue weighted by molar-refractivity contribution is -0.189. The number of carbonyl (C=O) groups excluding carboxylic acids is 2. The van der Waals surface area contributed by atoms with Crippen LogP contribution in [0.1, 0.15) is 60.8 Å². The second-order valence-corrected chi connectivity index (χ2v) is 8.67. The predicted octanol–water partition coefficient (Wildman–Crippen LogP) is 0.757. The molecular weight excluding hydrogens is 348 g/mol. The molecular formula is C19H40N4O4. The molecule has 0 fully saturated rings. The fourth-order valence-electron chi connectivity index (χ4n) is 2.70. The van der Waals surface area contributed by atoms with Crippen LogP contribution >= 0.6 is 0 Å². The molecule has 0 aliphatic rings. The van der Waals surface area contributed by atoms with Crippen molar-refractivity contribution in [1.29, 1.82) is 0 Å². The molecule has 0 aliphatic heterocycles. The molecule has 160 valence electrons. The average Bonchev–Trinajstić information content (AvgIpc) is 2.49. The van der Waals surface area contributed by atoms with Crippen LogP contribution in [0.4, 0.5) is 0 Å². The Morgan fingerprint density at radius 3 is 1.37 bits per heavy atom. The van der Waals surface area contributed by atoms with E-state index in [0.717, 1.165) is 0 Å². The number of nitrogens with two attached hydrogens (primary N) is 3. The van der Waals surface area contributed by atoms with Crippen LogP contribution in [0.15, 0.2) is 0 Å². The summed E-state index contributed by atoms with van der Waals surface area (Å²) in [4.78, 5) is 28.3. The third-order valence-electron chi connectivity index (χ3n) is 3.78. The van der Waals surface area contributed by atoms with Gasteiger partial charge in [-0.3, -0.25) is 4.90 Å². The molecule has 0 saturated heterocycles. The molecule has 0 saturated carbocycles. The molecule has 0 radical (unpaired) electrons. The zero-order chi connectivity index (χ0) is 21.3. The van der Waals surface area contributed by atoms with Crippen molar-refractivity contribution in [2.24, 2.45) is 17.2 Å². The first-order valence-electron chi connectivity index (χ1n) is 9.66. The Hall–Kier alpha value is -1.22. The van der Waals surface area contributed by atoms with Gasteiger partial charge in [-0.05, 0) is 80.4 Å². The van der Waals surface area contributed by atoms with Gasteiger partial charge < -0.3 is 26.7 Å². The Morgan fingerprint density at radius 1 is 0.741 bits per heavy atom. The number of ether oxygens (including phenoxy) is 2. The Kier molecular flexibility index (Phi) is 10.5. The summed E-state index contributed by atoms with van der Waals surface area (Å²) in [5.41, 5.74) is 14.0. The van der Waals surface area contributed by atoms with Crippen LogP contribution in [0.3, 0.4) is 0 Å². The van der Waals surface area contributed by atoms with E-state index >= 15 is 0 Å². The third kappa shape index (κ3) is 8.55. The van der Waals surface area contributed by atoms with Gasteiger partial charge in [-0.25, -0.2) is 9.59 Å². The normalized spacial score (nSPS) is 13.0. The monoisotopic (exact) mass is 388 g/mol. The first-order chi connectivity index (χ1) is 12.3. The quantitative estimate of drug-likeness (QED) is 0.349. The van der Waals surface area contributed by atoms with Crippen LogP contribution in [-0.2, 0) is 19.1 Å². The number of esters is 2. The topological polar surface area (TPSA) is 134 Å². The minimum atomic E-state index is -1.63. The second-order valence-electron chi connectivity index (χ2n) is 8.67. The van der Waals surface area contributed by atoms with E-state index < -0.39 is 28.7 Å². The van der Waals surface area contributed by atoms with E-state index in [9.17, 15) is 9.59 Å². The summed E-state index contributed by atoms with van der Waals surface area (Å²) >= 11 is 0. The maximum Gasteiger partial charge on any atom is 0.338 e. The lowest BCUT2D eigenvalue weighted by Crippen LogP contribution is -2.64. The van der Waals surface area contributed by atoms with Crippen molar-refractivity contribution in [2.75, 3.05) is 32.7 Å². The zero-order valence-electron chi connectivity index (χ0n) is 18.0. The maximum atomic E-state index is 13.3. The Morgan fingerprint density at radius 2 is 1.11 bits per heavy atom. The van der Waals surface area contributed by atoms with Crippen LogP contribution in [-0.4, -0.2) is 66.3 Å². The summed E-state index contributed by atoms with van der Waals surface area (Å²) in [6, 6.07) is 0. The minimum absolute atomic E-state index is 0.0893. The van der Waals surface area contributed by atoms with Crippen molar-refractivity contribution in [1.82, 2.24) is 4.90 Å². The first-order valence-corrected chi connectivity index (χ1v) is 9.66. The summed E-state index contributed by atoms with van der Waals surface area (Å²) in [5.74, 6) is -1.30. The fourth-order valence-corrected chi connectivity index (χ4v) is 2.70. The van der Waals surface area contributed by atoms with Crippen LogP contribution in [0.2, 0.25) is 0 Å². The number of carbonyl (C=O) groups is 2. The van der Waals surface area contributed by atoms with E-state index in [-0.39, 0.29) is 13.0 Å². The fraction of sp³-hybridized carbons (Fsp3) is 0.895. The van der Waals surface area contributed by atoms with Crippen molar-refractivity contribution >= 4 is 11.9 Å². The minimum Gasteiger partial charge on any atom is -0.458 e. The van der Waals surface area contributed by atoms with E-state index in [4.69, 9.17) is 26.7 Å². The molecule has 0 amide bonds. The van der Waals surface area contributed by atoms with Gasteiger partial charge in [0.15, 0.2) is 0 Å². The van der Waals surface area contributed by atoms with Crippen molar-refractivity contribution in [2.45, 2.75) is 77.5 Å². The van der Waals surface area contributed by atoms with Crippen molar-refractivity contribution in [3.8, 4) is 0 Å². The molecule has 8 heteroatoms. The lowest BCUT2D eigenvalue weighted by Gasteiger charge is -2.42. The zero-order valence-corrected chi connectivity index (χ0v) is 18.0. The number of nitrogens with zero attached hydrogens (tertiary/aromatic N) is 1. The predicted molar refractivity (Wildman–Crippen MR) is 107 cm³/mol. The summed E-state index contributed by atoms with van der Waals surface area (Å²) in [6.45, 7) is 12.4. The molecule has 0 bridgehead atoms. The molecule has 8 nitrogen and oxygen atoms in total. The standard InChI is InChI=1S/C19H40N4O4/c1-17(2,3)26-15(24)19(9-12-22,16(25)27-18(4,5)6)23(13-7-10-20)14-8-11-21/h7-14,20-22H2,1-6H3.